The molecule has 0 saturated heterocycles. The second-order valence-corrected chi connectivity index (χ2v) is 5.59. The standard InChI is InChI=1S/C18H22ClNO3/c1-22-17-8-7-13(11-18(17)23-2)9-10-20-12-16(21)14-5-3-4-6-15(14)19/h3-8,11,16,20-21H,9-10,12H2,1-2H3. The molecule has 2 rings (SSSR count). The lowest BCUT2D eigenvalue weighted by Crippen LogP contribution is -2.24. The van der Waals surface area contributed by atoms with Crippen LogP contribution >= 0.6 is 11.6 Å². The summed E-state index contributed by atoms with van der Waals surface area (Å²) in [7, 11) is 3.25. The highest BCUT2D eigenvalue weighted by Gasteiger charge is 2.10. The molecule has 4 nitrogen and oxygen atoms in total. The summed E-state index contributed by atoms with van der Waals surface area (Å²) in [6.07, 6.45) is 0.212. The summed E-state index contributed by atoms with van der Waals surface area (Å²) in [4.78, 5) is 0. The minimum atomic E-state index is -0.617. The normalized spacial score (nSPS) is 12.0. The monoisotopic (exact) mass is 335 g/mol. The van der Waals surface area contributed by atoms with E-state index in [1.54, 1.807) is 20.3 Å². The van der Waals surface area contributed by atoms with Gasteiger partial charge in [-0.15, -0.1) is 0 Å². The SMILES string of the molecule is COc1ccc(CCNCC(O)c2ccccc2Cl)cc1OC. The molecule has 0 aliphatic heterocycles. The molecule has 0 fully saturated rings. The maximum atomic E-state index is 10.2. The van der Waals surface area contributed by atoms with E-state index in [9.17, 15) is 5.11 Å². The van der Waals surface area contributed by atoms with Crippen molar-refractivity contribution in [2.75, 3.05) is 27.3 Å². The summed E-state index contributed by atoms with van der Waals surface area (Å²) in [6.45, 7) is 1.20. The van der Waals surface area contributed by atoms with Gasteiger partial charge in [-0.05, 0) is 36.7 Å². The summed E-state index contributed by atoms with van der Waals surface area (Å²) in [6, 6.07) is 13.2. The maximum Gasteiger partial charge on any atom is 0.160 e. The number of aliphatic hydroxyl groups excluding tert-OH is 1. The molecule has 124 valence electrons. The summed E-state index contributed by atoms with van der Waals surface area (Å²) in [5, 5.41) is 14.0. The van der Waals surface area contributed by atoms with Crippen molar-refractivity contribution in [2.45, 2.75) is 12.5 Å². The van der Waals surface area contributed by atoms with Crippen LogP contribution in [0.1, 0.15) is 17.2 Å². The Labute approximate surface area is 142 Å². The van der Waals surface area contributed by atoms with Gasteiger partial charge in [0.25, 0.3) is 0 Å². The van der Waals surface area contributed by atoms with Gasteiger partial charge in [0.15, 0.2) is 11.5 Å². The Hall–Kier alpha value is -1.75. The van der Waals surface area contributed by atoms with Gasteiger partial charge in [0, 0.05) is 17.1 Å². The molecule has 0 aliphatic carbocycles. The fourth-order valence-corrected chi connectivity index (χ4v) is 2.62. The number of rotatable bonds is 8. The Kier molecular flexibility index (Phi) is 6.71. The highest BCUT2D eigenvalue weighted by Crippen LogP contribution is 2.27. The molecule has 0 heterocycles. The van der Waals surface area contributed by atoms with Crippen molar-refractivity contribution in [2.24, 2.45) is 0 Å². The molecular weight excluding hydrogens is 314 g/mol. The number of ether oxygens (including phenoxy) is 2. The van der Waals surface area contributed by atoms with E-state index in [2.05, 4.69) is 5.32 Å². The third kappa shape index (κ3) is 4.86. The van der Waals surface area contributed by atoms with Gasteiger partial charge in [-0.1, -0.05) is 35.9 Å². The topological polar surface area (TPSA) is 50.7 Å². The number of methoxy groups -OCH3 is 2. The van der Waals surface area contributed by atoms with Crippen molar-refractivity contribution in [1.29, 1.82) is 0 Å². The number of aliphatic hydroxyl groups is 1. The molecule has 5 heteroatoms. The Morgan fingerprint density at radius 1 is 1.09 bits per heavy atom. The first-order chi connectivity index (χ1) is 11.2. The minimum absolute atomic E-state index is 0.455. The first-order valence-electron chi connectivity index (χ1n) is 7.49. The molecule has 1 atom stereocenters. The molecule has 2 N–H and O–H groups in total. The summed E-state index contributed by atoms with van der Waals surface area (Å²) < 4.78 is 10.5. The molecule has 0 radical (unpaired) electrons. The van der Waals surface area contributed by atoms with Crippen molar-refractivity contribution in [3.05, 3.63) is 58.6 Å². The van der Waals surface area contributed by atoms with Crippen LogP contribution in [0.5, 0.6) is 11.5 Å². The van der Waals surface area contributed by atoms with E-state index < -0.39 is 6.10 Å². The van der Waals surface area contributed by atoms with Crippen LogP contribution in [0.25, 0.3) is 0 Å². The van der Waals surface area contributed by atoms with Crippen LogP contribution < -0.4 is 14.8 Å². The molecule has 23 heavy (non-hydrogen) atoms. The highest BCUT2D eigenvalue weighted by atomic mass is 35.5. The summed E-state index contributed by atoms with van der Waals surface area (Å²) >= 11 is 6.08. The Balaban J connectivity index is 1.82. The smallest absolute Gasteiger partial charge is 0.160 e. The lowest BCUT2D eigenvalue weighted by Gasteiger charge is -2.14. The van der Waals surface area contributed by atoms with Gasteiger partial charge in [-0.25, -0.2) is 0 Å². The van der Waals surface area contributed by atoms with Gasteiger partial charge in [-0.2, -0.15) is 0 Å². The maximum absolute atomic E-state index is 10.2. The molecule has 0 saturated carbocycles. The lowest BCUT2D eigenvalue weighted by molar-refractivity contribution is 0.175. The first-order valence-corrected chi connectivity index (χ1v) is 7.87. The van der Waals surface area contributed by atoms with Gasteiger partial charge in [0.05, 0.1) is 20.3 Å². The average Bonchev–Trinajstić information content (AvgIpc) is 2.58. The molecule has 2 aromatic rings. The van der Waals surface area contributed by atoms with Crippen LogP contribution in [0, 0.1) is 0 Å². The third-order valence-corrected chi connectivity index (χ3v) is 3.98. The van der Waals surface area contributed by atoms with Crippen LogP contribution in [0.15, 0.2) is 42.5 Å². The van der Waals surface area contributed by atoms with E-state index in [-0.39, 0.29) is 0 Å². The second-order valence-electron chi connectivity index (χ2n) is 5.18. The van der Waals surface area contributed by atoms with Crippen LogP contribution in [0.2, 0.25) is 5.02 Å². The third-order valence-electron chi connectivity index (χ3n) is 3.64. The highest BCUT2D eigenvalue weighted by molar-refractivity contribution is 6.31. The molecule has 0 aliphatic rings. The zero-order chi connectivity index (χ0) is 16.7. The fraction of sp³-hybridized carbons (Fsp3) is 0.333. The quantitative estimate of drug-likeness (QED) is 0.727. The van der Waals surface area contributed by atoms with Crippen molar-refractivity contribution in [3.8, 4) is 11.5 Å². The molecular formula is C18H22ClNO3. The van der Waals surface area contributed by atoms with E-state index in [0.29, 0.717) is 11.6 Å². The number of benzene rings is 2. The van der Waals surface area contributed by atoms with Crippen molar-refractivity contribution >= 4 is 11.6 Å². The number of hydrogen-bond donors (Lipinski definition) is 2. The van der Waals surface area contributed by atoms with Crippen LogP contribution in [0.4, 0.5) is 0 Å². The van der Waals surface area contributed by atoms with Crippen LogP contribution in [-0.4, -0.2) is 32.4 Å². The van der Waals surface area contributed by atoms with Crippen molar-refractivity contribution in [3.63, 3.8) is 0 Å². The van der Waals surface area contributed by atoms with Crippen LogP contribution in [0.3, 0.4) is 0 Å². The average molecular weight is 336 g/mol. The Bertz CT molecular complexity index is 633. The molecule has 0 aromatic heterocycles. The molecule has 2 aromatic carbocycles. The largest absolute Gasteiger partial charge is 0.493 e. The van der Waals surface area contributed by atoms with E-state index in [1.807, 2.05) is 36.4 Å². The fourth-order valence-electron chi connectivity index (χ4n) is 2.36. The number of hydrogen-bond acceptors (Lipinski definition) is 4. The predicted molar refractivity (Wildman–Crippen MR) is 92.5 cm³/mol. The molecule has 0 bridgehead atoms. The Morgan fingerprint density at radius 2 is 1.83 bits per heavy atom. The van der Waals surface area contributed by atoms with Crippen molar-refractivity contribution < 1.29 is 14.6 Å². The zero-order valence-corrected chi connectivity index (χ0v) is 14.1. The number of nitrogens with one attached hydrogen (secondary N) is 1. The van der Waals surface area contributed by atoms with Gasteiger partial charge in [-0.3, -0.25) is 0 Å². The predicted octanol–water partition coefficient (Wildman–Crippen LogP) is 3.22. The molecule has 0 amide bonds. The van der Waals surface area contributed by atoms with Gasteiger partial charge in [0.1, 0.15) is 0 Å². The van der Waals surface area contributed by atoms with Gasteiger partial charge < -0.3 is 19.9 Å². The molecule has 1 unspecified atom stereocenters. The van der Waals surface area contributed by atoms with E-state index >= 15 is 0 Å². The summed E-state index contributed by atoms with van der Waals surface area (Å²) in [5.74, 6) is 1.44. The lowest BCUT2D eigenvalue weighted by atomic mass is 10.1. The molecule has 0 spiro atoms. The van der Waals surface area contributed by atoms with E-state index in [4.69, 9.17) is 21.1 Å². The first kappa shape index (κ1) is 17.6. The van der Waals surface area contributed by atoms with Gasteiger partial charge >= 0.3 is 0 Å². The zero-order valence-electron chi connectivity index (χ0n) is 13.4. The van der Waals surface area contributed by atoms with E-state index in [0.717, 1.165) is 35.6 Å². The van der Waals surface area contributed by atoms with E-state index in [1.165, 1.54) is 0 Å². The minimum Gasteiger partial charge on any atom is -0.493 e. The second kappa shape index (κ2) is 8.77. The van der Waals surface area contributed by atoms with Crippen molar-refractivity contribution in [1.82, 2.24) is 5.32 Å². The van der Waals surface area contributed by atoms with Gasteiger partial charge in [0.2, 0.25) is 0 Å². The number of halogens is 1. The Morgan fingerprint density at radius 3 is 2.52 bits per heavy atom. The van der Waals surface area contributed by atoms with Crippen LogP contribution in [-0.2, 0) is 6.42 Å². The summed E-state index contributed by atoms with van der Waals surface area (Å²) in [5.41, 5.74) is 1.88.